The zero-order chi connectivity index (χ0) is 10.6. The van der Waals surface area contributed by atoms with Crippen LogP contribution in [0.4, 0.5) is 10.5 Å². The van der Waals surface area contributed by atoms with Crippen LogP contribution in [0.5, 0.6) is 0 Å². The van der Waals surface area contributed by atoms with Crippen molar-refractivity contribution < 1.29 is 9.53 Å². The molecule has 1 aromatic rings. The summed E-state index contributed by atoms with van der Waals surface area (Å²) in [7, 11) is 3.28. The Morgan fingerprint density at radius 3 is 2.79 bits per heavy atom. The van der Waals surface area contributed by atoms with Crippen LogP contribution in [-0.4, -0.2) is 25.1 Å². The average molecular weight is 194 g/mol. The van der Waals surface area contributed by atoms with Gasteiger partial charge < -0.3 is 15.4 Å². The summed E-state index contributed by atoms with van der Waals surface area (Å²) in [6.45, 7) is 0.252. The van der Waals surface area contributed by atoms with Crippen molar-refractivity contribution in [3.8, 4) is 0 Å². The normalized spacial score (nSPS) is 9.57. The number of anilines is 1. The van der Waals surface area contributed by atoms with Crippen LogP contribution >= 0.6 is 0 Å². The number of hydrogen-bond acceptors (Lipinski definition) is 3. The van der Waals surface area contributed by atoms with Crippen LogP contribution in [0.2, 0.25) is 0 Å². The zero-order valence-electron chi connectivity index (χ0n) is 8.36. The van der Waals surface area contributed by atoms with Crippen LogP contribution in [-0.2, 0) is 11.3 Å². The predicted octanol–water partition coefficient (Wildman–Crippen LogP) is 1.47. The predicted molar refractivity (Wildman–Crippen MR) is 54.7 cm³/mol. The molecule has 1 amide bonds. The van der Waals surface area contributed by atoms with E-state index in [2.05, 4.69) is 0 Å². The van der Waals surface area contributed by atoms with E-state index in [1.54, 1.807) is 26.2 Å². The topological polar surface area (TPSA) is 55.6 Å². The minimum Gasteiger partial charge on any atom is -0.445 e. The summed E-state index contributed by atoms with van der Waals surface area (Å²) in [5.74, 6) is 0. The number of amides is 1. The molecule has 0 saturated carbocycles. The molecule has 4 nitrogen and oxygen atoms in total. The smallest absolute Gasteiger partial charge is 0.409 e. The SMILES string of the molecule is CN(C)C(=O)OCc1cccc(N)c1. The van der Waals surface area contributed by atoms with Crippen LogP contribution in [0.25, 0.3) is 0 Å². The van der Waals surface area contributed by atoms with Crippen molar-refractivity contribution in [1.29, 1.82) is 0 Å². The van der Waals surface area contributed by atoms with Crippen LogP contribution in [0.15, 0.2) is 24.3 Å². The van der Waals surface area contributed by atoms with Crippen molar-refractivity contribution in [3.63, 3.8) is 0 Å². The van der Waals surface area contributed by atoms with E-state index in [0.717, 1.165) is 5.56 Å². The number of nitrogens with zero attached hydrogens (tertiary/aromatic N) is 1. The minimum atomic E-state index is -0.354. The Labute approximate surface area is 83.3 Å². The highest BCUT2D eigenvalue weighted by molar-refractivity contribution is 5.66. The summed E-state index contributed by atoms with van der Waals surface area (Å²) in [5, 5.41) is 0. The zero-order valence-corrected chi connectivity index (χ0v) is 8.36. The summed E-state index contributed by atoms with van der Waals surface area (Å²) < 4.78 is 4.98. The number of benzene rings is 1. The summed E-state index contributed by atoms with van der Waals surface area (Å²) in [5.41, 5.74) is 7.13. The quantitative estimate of drug-likeness (QED) is 0.725. The summed E-state index contributed by atoms with van der Waals surface area (Å²) in [6, 6.07) is 7.26. The molecule has 0 aliphatic rings. The molecule has 14 heavy (non-hydrogen) atoms. The van der Waals surface area contributed by atoms with Crippen molar-refractivity contribution in [1.82, 2.24) is 4.90 Å². The van der Waals surface area contributed by atoms with E-state index in [1.807, 2.05) is 12.1 Å². The summed E-state index contributed by atoms with van der Waals surface area (Å²) in [4.78, 5) is 12.5. The number of carbonyl (C=O) groups excluding carboxylic acids is 1. The van der Waals surface area contributed by atoms with Gasteiger partial charge in [-0.25, -0.2) is 4.79 Å². The molecule has 0 aromatic heterocycles. The third-order valence-corrected chi connectivity index (χ3v) is 1.68. The molecule has 0 aliphatic heterocycles. The highest BCUT2D eigenvalue weighted by atomic mass is 16.6. The largest absolute Gasteiger partial charge is 0.445 e. The van der Waals surface area contributed by atoms with Gasteiger partial charge in [0.05, 0.1) is 0 Å². The first-order chi connectivity index (χ1) is 6.59. The van der Waals surface area contributed by atoms with Crippen molar-refractivity contribution in [2.24, 2.45) is 0 Å². The highest BCUT2D eigenvalue weighted by Crippen LogP contribution is 2.07. The van der Waals surface area contributed by atoms with Gasteiger partial charge in [0.15, 0.2) is 0 Å². The Hall–Kier alpha value is -1.71. The van der Waals surface area contributed by atoms with Gasteiger partial charge >= 0.3 is 6.09 Å². The molecule has 76 valence electrons. The molecule has 0 heterocycles. The molecule has 0 bridgehead atoms. The number of nitrogens with two attached hydrogens (primary N) is 1. The maximum atomic E-state index is 11.1. The molecule has 1 rings (SSSR count). The molecular weight excluding hydrogens is 180 g/mol. The molecule has 2 N–H and O–H groups in total. The fourth-order valence-corrected chi connectivity index (χ4v) is 0.957. The van der Waals surface area contributed by atoms with Gasteiger partial charge in [-0.1, -0.05) is 12.1 Å². The first-order valence-electron chi connectivity index (χ1n) is 4.28. The molecule has 0 fully saturated rings. The summed E-state index contributed by atoms with van der Waals surface area (Å²) in [6.07, 6.45) is -0.354. The van der Waals surface area contributed by atoms with Crippen LogP contribution < -0.4 is 5.73 Å². The second-order valence-electron chi connectivity index (χ2n) is 3.19. The van der Waals surface area contributed by atoms with E-state index in [0.29, 0.717) is 5.69 Å². The molecule has 1 aromatic carbocycles. The third kappa shape index (κ3) is 2.97. The monoisotopic (exact) mass is 194 g/mol. The van der Waals surface area contributed by atoms with Gasteiger partial charge in [-0.05, 0) is 17.7 Å². The van der Waals surface area contributed by atoms with Crippen LogP contribution in [0, 0.1) is 0 Å². The van der Waals surface area contributed by atoms with Crippen molar-refractivity contribution in [2.45, 2.75) is 6.61 Å². The van der Waals surface area contributed by atoms with E-state index in [4.69, 9.17) is 10.5 Å². The van der Waals surface area contributed by atoms with Gasteiger partial charge in [-0.3, -0.25) is 0 Å². The maximum Gasteiger partial charge on any atom is 0.409 e. The number of ether oxygens (including phenoxy) is 1. The lowest BCUT2D eigenvalue weighted by Gasteiger charge is -2.10. The van der Waals surface area contributed by atoms with E-state index < -0.39 is 0 Å². The fourth-order valence-electron chi connectivity index (χ4n) is 0.957. The lowest BCUT2D eigenvalue weighted by molar-refractivity contribution is 0.112. The Balaban J connectivity index is 2.50. The maximum absolute atomic E-state index is 11.1. The molecule has 0 aliphatic carbocycles. The molecule has 0 atom stereocenters. The Morgan fingerprint density at radius 1 is 1.50 bits per heavy atom. The molecule has 0 saturated heterocycles. The van der Waals surface area contributed by atoms with Gasteiger partial charge in [0.1, 0.15) is 6.61 Å². The van der Waals surface area contributed by atoms with Gasteiger partial charge in [0, 0.05) is 19.8 Å². The lowest BCUT2D eigenvalue weighted by atomic mass is 10.2. The highest BCUT2D eigenvalue weighted by Gasteiger charge is 2.04. The van der Waals surface area contributed by atoms with E-state index in [-0.39, 0.29) is 12.7 Å². The average Bonchev–Trinajstić information content (AvgIpc) is 2.14. The van der Waals surface area contributed by atoms with Crippen molar-refractivity contribution in [2.75, 3.05) is 19.8 Å². The van der Waals surface area contributed by atoms with Crippen molar-refractivity contribution >= 4 is 11.8 Å². The first-order valence-corrected chi connectivity index (χ1v) is 4.28. The Bertz CT molecular complexity index is 324. The minimum absolute atomic E-state index is 0.252. The second-order valence-corrected chi connectivity index (χ2v) is 3.19. The molecule has 0 unspecified atom stereocenters. The Kier molecular flexibility index (Phi) is 3.34. The van der Waals surface area contributed by atoms with Gasteiger partial charge in [-0.15, -0.1) is 0 Å². The number of nitrogen functional groups attached to an aromatic ring is 1. The number of carbonyl (C=O) groups is 1. The van der Waals surface area contributed by atoms with Crippen LogP contribution in [0.3, 0.4) is 0 Å². The second kappa shape index (κ2) is 4.50. The standard InChI is InChI=1S/C10H14N2O2/c1-12(2)10(13)14-7-8-4-3-5-9(11)6-8/h3-6H,7,11H2,1-2H3. The third-order valence-electron chi connectivity index (χ3n) is 1.68. The van der Waals surface area contributed by atoms with E-state index >= 15 is 0 Å². The van der Waals surface area contributed by atoms with Crippen molar-refractivity contribution in [3.05, 3.63) is 29.8 Å². The van der Waals surface area contributed by atoms with Gasteiger partial charge in [0.25, 0.3) is 0 Å². The number of rotatable bonds is 2. The van der Waals surface area contributed by atoms with E-state index in [9.17, 15) is 4.79 Å². The first kappa shape index (κ1) is 10.4. The fraction of sp³-hybridized carbons (Fsp3) is 0.300. The van der Waals surface area contributed by atoms with Gasteiger partial charge in [-0.2, -0.15) is 0 Å². The molecule has 0 radical (unpaired) electrons. The van der Waals surface area contributed by atoms with Gasteiger partial charge in [0.2, 0.25) is 0 Å². The summed E-state index contributed by atoms with van der Waals surface area (Å²) >= 11 is 0. The molecular formula is C10H14N2O2. The molecule has 0 spiro atoms. The lowest BCUT2D eigenvalue weighted by Crippen LogP contribution is -2.22. The van der Waals surface area contributed by atoms with E-state index in [1.165, 1.54) is 4.90 Å². The van der Waals surface area contributed by atoms with Crippen LogP contribution in [0.1, 0.15) is 5.56 Å². The number of hydrogen-bond donors (Lipinski definition) is 1. The molecule has 4 heteroatoms. The Morgan fingerprint density at radius 2 is 2.21 bits per heavy atom.